The van der Waals surface area contributed by atoms with E-state index >= 15 is 0 Å². The number of sulfonamides is 2. The van der Waals surface area contributed by atoms with Crippen LogP contribution in [0.2, 0.25) is 5.02 Å². The molecule has 1 heterocycles. The van der Waals surface area contributed by atoms with Crippen LogP contribution in [0.1, 0.15) is 24.0 Å². The third-order valence-corrected chi connectivity index (χ3v) is 9.47. The number of nitrogens with zero attached hydrogens (tertiary/aromatic N) is 2. The first kappa shape index (κ1) is 27.0. The normalized spacial score (nSPS) is 15.3. The number of nitriles is 1. The van der Waals surface area contributed by atoms with Crippen LogP contribution in [0.15, 0.2) is 70.5 Å². The van der Waals surface area contributed by atoms with E-state index in [-0.39, 0.29) is 47.0 Å². The van der Waals surface area contributed by atoms with Crippen LogP contribution in [0.25, 0.3) is 0 Å². The van der Waals surface area contributed by atoms with Gasteiger partial charge in [0.15, 0.2) is 0 Å². The van der Waals surface area contributed by atoms with Crippen molar-refractivity contribution in [3.63, 3.8) is 0 Å². The molecule has 1 fully saturated rings. The van der Waals surface area contributed by atoms with Gasteiger partial charge >= 0.3 is 0 Å². The molecule has 3 aromatic carbocycles. The Bertz CT molecular complexity index is 1560. The van der Waals surface area contributed by atoms with Gasteiger partial charge in [-0.05, 0) is 79.9 Å². The number of benzene rings is 3. The predicted molar refractivity (Wildman–Crippen MR) is 136 cm³/mol. The molecule has 0 radical (unpaired) electrons. The molecule has 1 N–H and O–H groups in total. The van der Waals surface area contributed by atoms with Gasteiger partial charge in [-0.3, -0.25) is 0 Å². The molecule has 0 spiro atoms. The Kier molecular flexibility index (Phi) is 7.87. The van der Waals surface area contributed by atoms with Crippen molar-refractivity contribution < 1.29 is 26.0 Å². The molecular formula is C25H23ClFN3O5S2. The first-order chi connectivity index (χ1) is 17.5. The lowest BCUT2D eigenvalue weighted by molar-refractivity contribution is 0.307. The van der Waals surface area contributed by atoms with E-state index in [9.17, 15) is 26.5 Å². The average Bonchev–Trinajstić information content (AvgIpc) is 2.84. The zero-order chi connectivity index (χ0) is 26.8. The second-order valence-corrected chi connectivity index (χ2v) is 12.7. The summed E-state index contributed by atoms with van der Waals surface area (Å²) in [5.41, 5.74) is 0.967. The van der Waals surface area contributed by atoms with Crippen molar-refractivity contribution in [2.24, 2.45) is 0 Å². The molecule has 3 aromatic rings. The fourth-order valence-electron chi connectivity index (χ4n) is 4.03. The Morgan fingerprint density at radius 2 is 1.78 bits per heavy atom. The highest BCUT2D eigenvalue weighted by Gasteiger charge is 2.33. The standard InChI is InChI=1S/C25H23ClFN3O5S2/c1-17-11-19(26)14-22(12-17)35-24-6-5-18(16-28)13-25(24)37(33,34)30-9-7-21(8-10-30)29-36(31,32)23-4-2-3-20(27)15-23/h2-6,11-15,21,29H,7-10H2,1H3. The summed E-state index contributed by atoms with van der Waals surface area (Å²) in [7, 11) is -8.06. The maximum Gasteiger partial charge on any atom is 0.246 e. The third kappa shape index (κ3) is 6.29. The molecule has 0 atom stereocenters. The van der Waals surface area contributed by atoms with Crippen LogP contribution >= 0.6 is 11.6 Å². The first-order valence-corrected chi connectivity index (χ1v) is 14.6. The maximum absolute atomic E-state index is 13.6. The first-order valence-electron chi connectivity index (χ1n) is 11.3. The molecule has 1 aliphatic heterocycles. The summed E-state index contributed by atoms with van der Waals surface area (Å²) >= 11 is 6.10. The topological polar surface area (TPSA) is 117 Å². The number of nitrogens with one attached hydrogen (secondary N) is 1. The van der Waals surface area contributed by atoms with Gasteiger partial charge in [-0.25, -0.2) is 25.9 Å². The van der Waals surface area contributed by atoms with Crippen molar-refractivity contribution >= 4 is 31.6 Å². The van der Waals surface area contributed by atoms with Crippen molar-refractivity contribution in [3.05, 3.63) is 82.6 Å². The van der Waals surface area contributed by atoms with Gasteiger partial charge in [0.05, 0.1) is 16.5 Å². The Labute approximate surface area is 220 Å². The van der Waals surface area contributed by atoms with E-state index in [1.165, 1.54) is 34.6 Å². The lowest BCUT2D eigenvalue weighted by atomic mass is 10.1. The minimum absolute atomic E-state index is 0.0329. The number of hydrogen-bond acceptors (Lipinski definition) is 6. The lowest BCUT2D eigenvalue weighted by Crippen LogP contribution is -2.46. The van der Waals surface area contributed by atoms with Gasteiger partial charge in [0.25, 0.3) is 0 Å². The monoisotopic (exact) mass is 563 g/mol. The number of rotatable bonds is 7. The third-order valence-electron chi connectivity index (χ3n) is 5.82. The van der Waals surface area contributed by atoms with E-state index in [1.807, 2.05) is 13.0 Å². The molecule has 0 aliphatic carbocycles. The minimum atomic E-state index is -4.09. The van der Waals surface area contributed by atoms with Crippen LogP contribution < -0.4 is 9.46 Å². The minimum Gasteiger partial charge on any atom is -0.456 e. The molecule has 1 aliphatic rings. The van der Waals surface area contributed by atoms with Crippen molar-refractivity contribution in [2.45, 2.75) is 35.6 Å². The number of ether oxygens (including phenoxy) is 1. The van der Waals surface area contributed by atoms with Gasteiger partial charge in [-0.2, -0.15) is 9.57 Å². The Balaban J connectivity index is 1.53. The van der Waals surface area contributed by atoms with E-state index in [1.54, 1.807) is 18.2 Å². The van der Waals surface area contributed by atoms with Crippen molar-refractivity contribution in [2.75, 3.05) is 13.1 Å². The van der Waals surface area contributed by atoms with E-state index < -0.39 is 31.9 Å². The second-order valence-electron chi connectivity index (χ2n) is 8.60. The summed E-state index contributed by atoms with van der Waals surface area (Å²) in [5, 5.41) is 9.77. The van der Waals surface area contributed by atoms with Crippen LogP contribution in [0.5, 0.6) is 11.5 Å². The summed E-state index contributed by atoms with van der Waals surface area (Å²) in [4.78, 5) is -0.378. The molecule has 194 valence electrons. The molecule has 0 unspecified atom stereocenters. The molecular weight excluding hydrogens is 541 g/mol. The molecule has 8 nitrogen and oxygen atoms in total. The van der Waals surface area contributed by atoms with Crippen molar-refractivity contribution in [1.29, 1.82) is 5.26 Å². The number of aryl methyl sites for hydroxylation is 1. The summed E-state index contributed by atoms with van der Waals surface area (Å²) in [6.07, 6.45) is 0.408. The zero-order valence-corrected chi connectivity index (χ0v) is 22.1. The molecule has 4 rings (SSSR count). The molecule has 0 bridgehead atoms. The molecule has 12 heteroatoms. The van der Waals surface area contributed by atoms with E-state index in [4.69, 9.17) is 16.3 Å². The summed E-state index contributed by atoms with van der Waals surface area (Å²) in [6, 6.07) is 15.2. The predicted octanol–water partition coefficient (Wildman–Crippen LogP) is 4.58. The van der Waals surface area contributed by atoms with Crippen LogP contribution in [-0.4, -0.2) is 40.3 Å². The quantitative estimate of drug-likeness (QED) is 0.449. The van der Waals surface area contributed by atoms with Gasteiger partial charge < -0.3 is 4.74 Å². The fourth-order valence-corrected chi connectivity index (χ4v) is 7.25. The van der Waals surface area contributed by atoms with Gasteiger partial charge in [-0.1, -0.05) is 17.7 Å². The molecule has 0 saturated carbocycles. The Hall–Kier alpha value is -3.01. The molecule has 37 heavy (non-hydrogen) atoms. The van der Waals surface area contributed by atoms with Crippen LogP contribution in [0.3, 0.4) is 0 Å². The Morgan fingerprint density at radius 1 is 1.05 bits per heavy atom. The summed E-state index contributed by atoms with van der Waals surface area (Å²) in [5.74, 6) is -0.291. The maximum atomic E-state index is 13.6. The molecule has 0 amide bonds. The average molecular weight is 564 g/mol. The van der Waals surface area contributed by atoms with Crippen LogP contribution in [0, 0.1) is 24.1 Å². The van der Waals surface area contributed by atoms with Crippen LogP contribution in [-0.2, 0) is 20.0 Å². The second kappa shape index (κ2) is 10.8. The smallest absolute Gasteiger partial charge is 0.246 e. The SMILES string of the molecule is Cc1cc(Cl)cc(Oc2ccc(C#N)cc2S(=O)(=O)N2CCC(NS(=O)(=O)c3cccc(F)c3)CC2)c1. The molecule has 0 aromatic heterocycles. The van der Waals surface area contributed by atoms with E-state index in [0.717, 1.165) is 17.7 Å². The van der Waals surface area contributed by atoms with Crippen LogP contribution in [0.4, 0.5) is 4.39 Å². The number of piperidine rings is 1. The van der Waals surface area contributed by atoms with E-state index in [2.05, 4.69) is 4.72 Å². The highest BCUT2D eigenvalue weighted by atomic mass is 35.5. The highest BCUT2D eigenvalue weighted by Crippen LogP contribution is 2.34. The van der Waals surface area contributed by atoms with Gasteiger partial charge in [0, 0.05) is 24.2 Å². The number of hydrogen-bond donors (Lipinski definition) is 1. The largest absolute Gasteiger partial charge is 0.456 e. The Morgan fingerprint density at radius 3 is 2.43 bits per heavy atom. The van der Waals surface area contributed by atoms with Crippen molar-refractivity contribution in [3.8, 4) is 17.6 Å². The lowest BCUT2D eigenvalue weighted by Gasteiger charge is -2.31. The van der Waals surface area contributed by atoms with E-state index in [0.29, 0.717) is 10.8 Å². The van der Waals surface area contributed by atoms with Crippen molar-refractivity contribution in [1.82, 2.24) is 9.03 Å². The summed E-state index contributed by atoms with van der Waals surface area (Å²) in [6.45, 7) is 1.89. The van der Waals surface area contributed by atoms with Gasteiger partial charge in [0.2, 0.25) is 20.0 Å². The highest BCUT2D eigenvalue weighted by molar-refractivity contribution is 7.89. The fraction of sp³-hybridized carbons (Fsp3) is 0.240. The zero-order valence-electron chi connectivity index (χ0n) is 19.7. The van der Waals surface area contributed by atoms with Gasteiger partial charge in [-0.15, -0.1) is 0 Å². The summed E-state index contributed by atoms with van der Waals surface area (Å²) < 4.78 is 75.5. The van der Waals surface area contributed by atoms with Gasteiger partial charge in [0.1, 0.15) is 22.2 Å². The number of halogens is 2. The molecule has 1 saturated heterocycles.